The van der Waals surface area contributed by atoms with Gasteiger partial charge in [0.1, 0.15) is 23.8 Å². The number of nitrogens with one attached hydrogen (secondary N) is 3. The molecule has 16 nitrogen and oxygen atoms in total. The fourth-order valence-electron chi connectivity index (χ4n) is 11.9. The van der Waals surface area contributed by atoms with Crippen LogP contribution in [0.5, 0.6) is 23.1 Å². The summed E-state index contributed by atoms with van der Waals surface area (Å²) >= 11 is 0. The number of amides is 1. The molecule has 5 heterocycles. The van der Waals surface area contributed by atoms with Crippen molar-refractivity contribution in [3.8, 4) is 23.1 Å². The molecule has 18 heteroatoms. The van der Waals surface area contributed by atoms with E-state index in [1.54, 1.807) is 32.9 Å². The van der Waals surface area contributed by atoms with Crippen molar-refractivity contribution in [1.82, 2.24) is 19.6 Å². The Morgan fingerprint density at radius 1 is 1.00 bits per heavy atom. The zero-order valence-corrected chi connectivity index (χ0v) is 41.8. The van der Waals surface area contributed by atoms with Gasteiger partial charge in [-0.05, 0) is 119 Å². The second kappa shape index (κ2) is 18.9. The van der Waals surface area contributed by atoms with E-state index in [-0.39, 0.29) is 75.5 Å². The highest BCUT2D eigenvalue weighted by Crippen LogP contribution is 2.50. The fourth-order valence-corrected chi connectivity index (χ4v) is 12.9. The number of hydrogen-bond donors (Lipinski definition) is 4. The highest BCUT2D eigenvalue weighted by Gasteiger charge is 2.49. The molecule has 5 aliphatic rings. The molecule has 1 amide bonds. The first-order chi connectivity index (χ1) is 33.9. The van der Waals surface area contributed by atoms with E-state index in [0.29, 0.717) is 43.6 Å². The Labute approximate surface area is 413 Å². The lowest BCUT2D eigenvalue weighted by Gasteiger charge is -2.57. The lowest BCUT2D eigenvalue weighted by atomic mass is 9.70. The highest BCUT2D eigenvalue weighted by atomic mass is 32.2. The largest absolute Gasteiger partial charge is 0.489 e. The topological polar surface area (TPSA) is 201 Å². The molecule has 2 saturated heterocycles. The minimum Gasteiger partial charge on any atom is -0.489 e. The number of nitrogens with zero attached hydrogens (tertiary/aromatic N) is 4. The zero-order chi connectivity index (χ0) is 50.0. The molecule has 3 aromatic carbocycles. The molecule has 2 saturated carbocycles. The maximum Gasteiger partial charge on any atom is 0.297 e. The minimum absolute atomic E-state index is 0.000909. The number of aliphatic hydroxyl groups is 1. The number of pyridine rings is 1. The summed E-state index contributed by atoms with van der Waals surface area (Å²) in [5.41, 5.74) is 2.70. The fraction of sp³-hybridized carbons (Fsp3) is 0.509. The van der Waals surface area contributed by atoms with Crippen molar-refractivity contribution >= 4 is 44.0 Å². The molecule has 0 unspecified atom stereocenters. The van der Waals surface area contributed by atoms with Gasteiger partial charge in [0.05, 0.1) is 38.5 Å². The van der Waals surface area contributed by atoms with Gasteiger partial charge in [0.2, 0.25) is 0 Å². The number of ether oxygens (including phenoxy) is 3. The number of piperidine rings is 1. The SMILES string of the molecule is CC(C)Oc1nc2[nH]cc(F)c2cc1Oc1cc(N2CCC3(CC2)CN([C@@H]2CCC[C@@H]2c2ccccc2C(C)C)C3)ccc1C(=O)NS(=O)(=O)c1cc2c(c([N+](=O)[O-])c1)N[C@@H]([C@H]1CC[C@](C)(O)CC1)CO2. The number of aromatic nitrogens is 2. The van der Waals surface area contributed by atoms with Gasteiger partial charge in [-0.3, -0.25) is 19.8 Å². The van der Waals surface area contributed by atoms with Crippen molar-refractivity contribution in [2.45, 2.75) is 133 Å². The Morgan fingerprint density at radius 2 is 1.75 bits per heavy atom. The normalized spacial score (nSPS) is 24.3. The number of fused-ring (bicyclic) bond motifs is 2. The zero-order valence-electron chi connectivity index (χ0n) is 41.0. The summed E-state index contributed by atoms with van der Waals surface area (Å²) in [6.45, 7) is 13.7. The van der Waals surface area contributed by atoms with Crippen LogP contribution in [-0.4, -0.2) is 95.8 Å². The number of sulfonamides is 1. The van der Waals surface area contributed by atoms with Crippen LogP contribution in [0, 0.1) is 27.3 Å². The van der Waals surface area contributed by atoms with Crippen LogP contribution in [0.2, 0.25) is 0 Å². The first-order valence-corrected chi connectivity index (χ1v) is 26.6. The van der Waals surface area contributed by atoms with Crippen molar-refractivity contribution in [3.63, 3.8) is 0 Å². The molecule has 5 aromatic rings. The summed E-state index contributed by atoms with van der Waals surface area (Å²) in [6.07, 6.45) is 8.93. The Hall–Kier alpha value is -5.98. The van der Waals surface area contributed by atoms with Crippen molar-refractivity contribution < 1.29 is 41.8 Å². The number of aromatic amines is 1. The molecule has 2 aromatic heterocycles. The number of anilines is 2. The van der Waals surface area contributed by atoms with Crippen LogP contribution < -0.4 is 29.1 Å². The predicted octanol–water partition coefficient (Wildman–Crippen LogP) is 9.78. The quantitative estimate of drug-likeness (QED) is 0.0642. The molecular weight excluding hydrogens is 930 g/mol. The van der Waals surface area contributed by atoms with Crippen LogP contribution >= 0.6 is 0 Å². The molecular formula is C53H64FN7O9S. The lowest BCUT2D eigenvalue weighted by Crippen LogP contribution is -2.63. The lowest BCUT2D eigenvalue weighted by molar-refractivity contribution is -0.384. The molecule has 3 aliphatic heterocycles. The summed E-state index contributed by atoms with van der Waals surface area (Å²) < 4.78 is 63.8. The Balaban J connectivity index is 0.897. The minimum atomic E-state index is -4.76. The van der Waals surface area contributed by atoms with E-state index in [9.17, 15) is 28.4 Å². The summed E-state index contributed by atoms with van der Waals surface area (Å²) in [5, 5.41) is 26.3. The van der Waals surface area contributed by atoms with E-state index in [4.69, 9.17) is 14.2 Å². The third-order valence-electron chi connectivity index (χ3n) is 15.8. The van der Waals surface area contributed by atoms with Crippen LogP contribution in [0.3, 0.4) is 0 Å². The highest BCUT2D eigenvalue weighted by molar-refractivity contribution is 7.90. The molecule has 71 heavy (non-hydrogen) atoms. The number of carbonyl (C=O) groups excluding carboxylic acids is 1. The second-order valence-electron chi connectivity index (χ2n) is 21.5. The van der Waals surface area contributed by atoms with Crippen LogP contribution in [-0.2, 0) is 10.0 Å². The van der Waals surface area contributed by atoms with E-state index >= 15 is 4.39 Å². The number of halogens is 1. The average molecular weight is 994 g/mol. The smallest absolute Gasteiger partial charge is 0.297 e. The first kappa shape index (κ1) is 48.6. The maximum absolute atomic E-state index is 15.0. The van der Waals surface area contributed by atoms with E-state index in [1.165, 1.54) is 48.7 Å². The van der Waals surface area contributed by atoms with Crippen molar-refractivity contribution in [1.29, 1.82) is 0 Å². The van der Waals surface area contributed by atoms with E-state index in [1.807, 2.05) is 0 Å². The predicted molar refractivity (Wildman–Crippen MR) is 268 cm³/mol. The molecule has 1 spiro atoms. The van der Waals surface area contributed by atoms with Crippen molar-refractivity contribution in [3.05, 3.63) is 99.5 Å². The molecule has 10 rings (SSSR count). The van der Waals surface area contributed by atoms with Crippen LogP contribution in [0.1, 0.15) is 126 Å². The van der Waals surface area contributed by atoms with Gasteiger partial charge in [0.15, 0.2) is 17.2 Å². The van der Waals surface area contributed by atoms with Gasteiger partial charge in [0.25, 0.3) is 27.5 Å². The number of likely N-dealkylation sites (tertiary alicyclic amines) is 1. The van der Waals surface area contributed by atoms with E-state index in [2.05, 4.69) is 67.9 Å². The van der Waals surface area contributed by atoms with Gasteiger partial charge in [-0.25, -0.2) is 17.5 Å². The van der Waals surface area contributed by atoms with Gasteiger partial charge in [0, 0.05) is 68.4 Å². The van der Waals surface area contributed by atoms with Gasteiger partial charge in [-0.1, -0.05) is 44.5 Å². The standard InChI is InChI=1S/C53H64FN7O9S/c1-31(2)36-9-6-7-10-37(36)38-11-8-12-43(38)60-29-53(30-60)19-21-59(22-20-53)34-13-14-39(45(23-34)70-47-26-40-41(54)27-55-49(40)57-51(47)69-32(3)4)50(62)58-71(66,67)35-24-44(61(64)65)48-46(25-35)68-28-42(56-48)33-15-17-52(5,63)18-16-33/h6-7,9-10,13-14,23-27,31-33,38,42-43,56,63H,8,11-12,15-22,28-30H2,1-5H3,(H,55,57)(H,58,62)/t33-,38-,42-,43-,52-/m1/s1. The molecule has 4 fully saturated rings. The van der Waals surface area contributed by atoms with Gasteiger partial charge in [-0.15, -0.1) is 0 Å². The monoisotopic (exact) mass is 993 g/mol. The number of rotatable bonds is 13. The second-order valence-corrected chi connectivity index (χ2v) is 23.1. The van der Waals surface area contributed by atoms with Gasteiger partial charge >= 0.3 is 0 Å². The third-order valence-corrected chi connectivity index (χ3v) is 17.1. The molecule has 3 atom stereocenters. The number of carbonyl (C=O) groups is 1. The van der Waals surface area contributed by atoms with Crippen molar-refractivity contribution in [2.24, 2.45) is 11.3 Å². The van der Waals surface area contributed by atoms with Gasteiger partial charge in [-0.2, -0.15) is 4.98 Å². The van der Waals surface area contributed by atoms with E-state index in [0.717, 1.165) is 56.8 Å². The van der Waals surface area contributed by atoms with Crippen LogP contribution in [0.15, 0.2) is 71.8 Å². The summed E-state index contributed by atoms with van der Waals surface area (Å²) in [4.78, 5) is 37.8. The van der Waals surface area contributed by atoms with Crippen LogP contribution in [0.4, 0.5) is 21.5 Å². The maximum atomic E-state index is 15.0. The molecule has 2 aliphatic carbocycles. The summed E-state index contributed by atoms with van der Waals surface area (Å²) in [7, 11) is -4.76. The van der Waals surface area contributed by atoms with Crippen LogP contribution in [0.25, 0.3) is 11.0 Å². The summed E-state index contributed by atoms with van der Waals surface area (Å²) in [5.74, 6) is -0.609. The van der Waals surface area contributed by atoms with E-state index < -0.39 is 42.9 Å². The Kier molecular flexibility index (Phi) is 12.9. The first-order valence-electron chi connectivity index (χ1n) is 25.1. The number of nitro benzene ring substituents is 1. The molecule has 0 bridgehead atoms. The number of benzene rings is 3. The number of hydrogen-bond acceptors (Lipinski definition) is 13. The Morgan fingerprint density at radius 3 is 2.46 bits per heavy atom. The molecule has 378 valence electrons. The third kappa shape index (κ3) is 9.74. The molecule has 0 radical (unpaired) electrons. The average Bonchev–Trinajstić information content (AvgIpc) is 3.96. The number of H-pyrrole nitrogens is 1. The Bertz CT molecular complexity index is 2950. The molecule has 4 N–H and O–H groups in total. The number of nitro groups is 1. The van der Waals surface area contributed by atoms with Gasteiger partial charge < -0.3 is 34.5 Å². The summed E-state index contributed by atoms with van der Waals surface area (Å²) in [6, 6.07) is 17.6. The van der Waals surface area contributed by atoms with Crippen molar-refractivity contribution in [2.75, 3.05) is 43.0 Å².